The Morgan fingerprint density at radius 2 is 1.82 bits per heavy atom. The predicted octanol–water partition coefficient (Wildman–Crippen LogP) is 4.39. The maximum Gasteiger partial charge on any atom is 0.325 e. The number of esters is 1. The fourth-order valence-electron chi connectivity index (χ4n) is 1.81. The number of anilines is 1. The monoisotopic (exact) mass is 297 g/mol. The van der Waals surface area contributed by atoms with Crippen molar-refractivity contribution in [2.45, 2.75) is 13.8 Å². The molecular formula is C17H19N3O2. The van der Waals surface area contributed by atoms with E-state index >= 15 is 0 Å². The summed E-state index contributed by atoms with van der Waals surface area (Å²) in [6.07, 6.45) is 0. The highest BCUT2D eigenvalue weighted by atomic mass is 16.5. The van der Waals surface area contributed by atoms with Gasteiger partial charge in [0.1, 0.15) is 12.2 Å². The van der Waals surface area contributed by atoms with Crippen molar-refractivity contribution in [3.8, 4) is 0 Å². The third kappa shape index (κ3) is 4.70. The zero-order chi connectivity index (χ0) is 15.8. The molecule has 0 aliphatic rings. The van der Waals surface area contributed by atoms with Crippen molar-refractivity contribution in [2.24, 2.45) is 10.2 Å². The molecule has 2 aromatic rings. The second-order valence-corrected chi connectivity index (χ2v) is 4.71. The lowest BCUT2D eigenvalue weighted by atomic mass is 10.2. The van der Waals surface area contributed by atoms with Gasteiger partial charge < -0.3 is 10.1 Å². The summed E-state index contributed by atoms with van der Waals surface area (Å²) in [4.78, 5) is 11.4. The van der Waals surface area contributed by atoms with E-state index in [-0.39, 0.29) is 12.5 Å². The topological polar surface area (TPSA) is 63.0 Å². The largest absolute Gasteiger partial charge is 0.465 e. The van der Waals surface area contributed by atoms with Gasteiger partial charge in [-0.05, 0) is 38.1 Å². The molecule has 5 nitrogen and oxygen atoms in total. The van der Waals surface area contributed by atoms with Crippen LogP contribution < -0.4 is 5.32 Å². The van der Waals surface area contributed by atoms with E-state index in [0.717, 1.165) is 11.4 Å². The summed E-state index contributed by atoms with van der Waals surface area (Å²) in [7, 11) is 0. The lowest BCUT2D eigenvalue weighted by Gasteiger charge is -2.07. The molecule has 0 aliphatic carbocycles. The number of carbonyl (C=O) groups excluding carboxylic acids is 1. The molecule has 114 valence electrons. The summed E-state index contributed by atoms with van der Waals surface area (Å²) < 4.78 is 4.89. The highest BCUT2D eigenvalue weighted by Gasteiger charge is 2.04. The Morgan fingerprint density at radius 3 is 2.55 bits per heavy atom. The van der Waals surface area contributed by atoms with Gasteiger partial charge in [-0.2, -0.15) is 5.11 Å². The van der Waals surface area contributed by atoms with Crippen molar-refractivity contribution >= 4 is 23.0 Å². The third-order valence-corrected chi connectivity index (χ3v) is 2.94. The van der Waals surface area contributed by atoms with Crippen LogP contribution in [0.4, 0.5) is 17.1 Å². The second-order valence-electron chi connectivity index (χ2n) is 4.71. The average Bonchev–Trinajstić information content (AvgIpc) is 2.53. The smallest absolute Gasteiger partial charge is 0.325 e. The standard InChI is InChI=1S/C17H19N3O2/c1-3-22-17(21)12-18-15-6-4-5-7-16(15)20-19-14-10-8-13(2)9-11-14/h4-11,18H,3,12H2,1-2H3. The van der Waals surface area contributed by atoms with Crippen LogP contribution in [-0.4, -0.2) is 19.1 Å². The zero-order valence-corrected chi connectivity index (χ0v) is 12.7. The van der Waals surface area contributed by atoms with E-state index in [1.165, 1.54) is 5.56 Å². The zero-order valence-electron chi connectivity index (χ0n) is 12.7. The number of aryl methyl sites for hydroxylation is 1. The first-order valence-corrected chi connectivity index (χ1v) is 7.16. The first-order valence-electron chi connectivity index (χ1n) is 7.16. The first kappa shape index (κ1) is 15.7. The van der Waals surface area contributed by atoms with Crippen LogP contribution in [0.5, 0.6) is 0 Å². The molecule has 0 aromatic heterocycles. The van der Waals surface area contributed by atoms with Gasteiger partial charge in [0.15, 0.2) is 0 Å². The number of para-hydroxylation sites is 1. The molecule has 22 heavy (non-hydrogen) atoms. The molecule has 5 heteroatoms. The summed E-state index contributed by atoms with van der Waals surface area (Å²) in [6, 6.07) is 15.2. The van der Waals surface area contributed by atoms with E-state index in [1.807, 2.05) is 55.5 Å². The average molecular weight is 297 g/mol. The molecule has 0 atom stereocenters. The van der Waals surface area contributed by atoms with E-state index in [2.05, 4.69) is 15.5 Å². The van der Waals surface area contributed by atoms with E-state index in [9.17, 15) is 4.79 Å². The highest BCUT2D eigenvalue weighted by molar-refractivity contribution is 5.77. The van der Waals surface area contributed by atoms with Gasteiger partial charge in [-0.25, -0.2) is 0 Å². The van der Waals surface area contributed by atoms with Gasteiger partial charge in [0.25, 0.3) is 0 Å². The quantitative estimate of drug-likeness (QED) is 0.635. The lowest BCUT2D eigenvalue weighted by Crippen LogP contribution is -2.16. The minimum Gasteiger partial charge on any atom is -0.465 e. The molecule has 1 N–H and O–H groups in total. The SMILES string of the molecule is CCOC(=O)CNc1ccccc1N=Nc1ccc(C)cc1. The maximum absolute atomic E-state index is 11.4. The number of nitrogens with zero attached hydrogens (tertiary/aromatic N) is 2. The molecule has 2 rings (SSSR count). The van der Waals surface area contributed by atoms with Crippen LogP contribution in [0.25, 0.3) is 0 Å². The molecule has 0 spiro atoms. The van der Waals surface area contributed by atoms with Crippen LogP contribution in [0.1, 0.15) is 12.5 Å². The Bertz CT molecular complexity index is 651. The normalized spacial score (nSPS) is 10.6. The van der Waals surface area contributed by atoms with Gasteiger partial charge >= 0.3 is 5.97 Å². The summed E-state index contributed by atoms with van der Waals surface area (Å²) in [5.41, 5.74) is 3.38. The van der Waals surface area contributed by atoms with Crippen molar-refractivity contribution in [2.75, 3.05) is 18.5 Å². The number of carbonyl (C=O) groups is 1. The van der Waals surface area contributed by atoms with Crippen LogP contribution in [-0.2, 0) is 9.53 Å². The van der Waals surface area contributed by atoms with Gasteiger partial charge in [0.05, 0.1) is 18.0 Å². The molecule has 0 bridgehead atoms. The molecule has 0 saturated carbocycles. The van der Waals surface area contributed by atoms with Crippen molar-refractivity contribution in [1.29, 1.82) is 0 Å². The molecule has 0 unspecified atom stereocenters. The molecular weight excluding hydrogens is 278 g/mol. The Hall–Kier alpha value is -2.69. The second kappa shape index (κ2) is 7.93. The van der Waals surface area contributed by atoms with Crippen LogP contribution in [0.3, 0.4) is 0 Å². The number of hydrogen-bond donors (Lipinski definition) is 1. The first-order chi connectivity index (χ1) is 10.7. The number of benzene rings is 2. The number of azo groups is 1. The summed E-state index contributed by atoms with van der Waals surface area (Å²) in [6.45, 7) is 4.28. The summed E-state index contributed by atoms with van der Waals surface area (Å²) >= 11 is 0. The van der Waals surface area contributed by atoms with E-state index in [0.29, 0.717) is 12.3 Å². The Kier molecular flexibility index (Phi) is 5.65. The fourth-order valence-corrected chi connectivity index (χ4v) is 1.81. The minimum absolute atomic E-state index is 0.102. The summed E-state index contributed by atoms with van der Waals surface area (Å²) in [5.74, 6) is -0.298. The van der Waals surface area contributed by atoms with Crippen molar-refractivity contribution < 1.29 is 9.53 Å². The van der Waals surface area contributed by atoms with Gasteiger partial charge in [-0.3, -0.25) is 4.79 Å². The number of hydrogen-bond acceptors (Lipinski definition) is 5. The molecule has 0 heterocycles. The third-order valence-electron chi connectivity index (χ3n) is 2.94. The van der Waals surface area contributed by atoms with Crippen LogP contribution >= 0.6 is 0 Å². The maximum atomic E-state index is 11.4. The van der Waals surface area contributed by atoms with Crippen molar-refractivity contribution in [1.82, 2.24) is 0 Å². The van der Waals surface area contributed by atoms with Crippen LogP contribution in [0.15, 0.2) is 58.8 Å². The van der Waals surface area contributed by atoms with Crippen molar-refractivity contribution in [3.05, 3.63) is 54.1 Å². The van der Waals surface area contributed by atoms with Crippen LogP contribution in [0.2, 0.25) is 0 Å². The van der Waals surface area contributed by atoms with Gasteiger partial charge in [0, 0.05) is 0 Å². The van der Waals surface area contributed by atoms with E-state index < -0.39 is 0 Å². The molecule has 0 amide bonds. The highest BCUT2D eigenvalue weighted by Crippen LogP contribution is 2.26. The Balaban J connectivity index is 2.07. The van der Waals surface area contributed by atoms with E-state index in [4.69, 9.17) is 4.74 Å². The molecule has 0 fully saturated rings. The van der Waals surface area contributed by atoms with Crippen LogP contribution in [0, 0.1) is 6.92 Å². The van der Waals surface area contributed by atoms with Gasteiger partial charge in [-0.1, -0.05) is 29.8 Å². The van der Waals surface area contributed by atoms with Gasteiger partial charge in [-0.15, -0.1) is 5.11 Å². The van der Waals surface area contributed by atoms with Crippen molar-refractivity contribution in [3.63, 3.8) is 0 Å². The van der Waals surface area contributed by atoms with Gasteiger partial charge in [0.2, 0.25) is 0 Å². The Morgan fingerprint density at radius 1 is 1.09 bits per heavy atom. The summed E-state index contributed by atoms with van der Waals surface area (Å²) in [5, 5.41) is 11.5. The predicted molar refractivity (Wildman–Crippen MR) is 86.9 cm³/mol. The molecule has 0 saturated heterocycles. The molecule has 2 aromatic carbocycles. The van der Waals surface area contributed by atoms with E-state index in [1.54, 1.807) is 6.92 Å². The number of rotatable bonds is 6. The molecule has 0 aliphatic heterocycles. The number of ether oxygens (including phenoxy) is 1. The number of nitrogens with one attached hydrogen (secondary N) is 1. The lowest BCUT2D eigenvalue weighted by molar-refractivity contribution is -0.140. The minimum atomic E-state index is -0.298. The molecule has 0 radical (unpaired) electrons. The fraction of sp³-hybridized carbons (Fsp3) is 0.235. The Labute approximate surface area is 130 Å².